The summed E-state index contributed by atoms with van der Waals surface area (Å²) in [7, 11) is 1.55. The predicted molar refractivity (Wildman–Crippen MR) is 86.1 cm³/mol. The van der Waals surface area contributed by atoms with Crippen molar-refractivity contribution < 1.29 is 13.9 Å². The molecule has 0 N–H and O–H groups in total. The summed E-state index contributed by atoms with van der Waals surface area (Å²) in [6.07, 6.45) is 0. The molecule has 0 saturated carbocycles. The molecule has 21 heavy (non-hydrogen) atoms. The van der Waals surface area contributed by atoms with Gasteiger partial charge in [-0.05, 0) is 45.1 Å². The molecule has 0 bridgehead atoms. The van der Waals surface area contributed by atoms with Gasteiger partial charge < -0.3 is 9.47 Å². The third-order valence-corrected chi connectivity index (χ3v) is 3.81. The van der Waals surface area contributed by atoms with Crippen molar-refractivity contribution in [3.63, 3.8) is 0 Å². The molecule has 0 heterocycles. The zero-order chi connectivity index (χ0) is 15.4. The fourth-order valence-electron chi connectivity index (χ4n) is 2.09. The van der Waals surface area contributed by atoms with Crippen LogP contribution in [0.4, 0.5) is 4.39 Å². The number of methoxy groups -OCH3 is 1. The molecule has 0 radical (unpaired) electrons. The highest BCUT2D eigenvalue weighted by molar-refractivity contribution is 9.10. The first-order valence-corrected chi connectivity index (χ1v) is 7.53. The maximum Gasteiger partial charge on any atom is 0.188 e. The van der Waals surface area contributed by atoms with Crippen LogP contribution in [-0.2, 0) is 4.74 Å². The van der Waals surface area contributed by atoms with Gasteiger partial charge in [0.15, 0.2) is 6.79 Å². The minimum absolute atomic E-state index is 0.112. The molecule has 0 aliphatic carbocycles. The van der Waals surface area contributed by atoms with Gasteiger partial charge in [0.2, 0.25) is 0 Å². The van der Waals surface area contributed by atoms with Crippen molar-refractivity contribution in [3.05, 3.63) is 52.3 Å². The highest BCUT2D eigenvalue weighted by atomic mass is 79.9. The fraction of sp³-hybridized carbons (Fsp3) is 0.294. The molecule has 0 fully saturated rings. The zero-order valence-corrected chi connectivity index (χ0v) is 13.9. The maximum absolute atomic E-state index is 13.7. The largest absolute Gasteiger partial charge is 0.466 e. The summed E-state index contributed by atoms with van der Waals surface area (Å²) in [6.45, 7) is 4.39. The van der Waals surface area contributed by atoms with Crippen LogP contribution < -0.4 is 4.74 Å². The fourth-order valence-corrected chi connectivity index (χ4v) is 2.63. The summed E-state index contributed by atoms with van der Waals surface area (Å²) in [5.74, 6) is 0.729. The van der Waals surface area contributed by atoms with Crippen molar-refractivity contribution in [2.75, 3.05) is 13.9 Å². The molecule has 112 valence electrons. The first kappa shape index (κ1) is 16.0. The molecular weight excluding hydrogens is 335 g/mol. The van der Waals surface area contributed by atoms with Gasteiger partial charge in [-0.15, -0.1) is 0 Å². The molecule has 4 heteroatoms. The van der Waals surface area contributed by atoms with Gasteiger partial charge in [-0.2, -0.15) is 0 Å². The molecular formula is C17H18BrFO2. The first-order valence-electron chi connectivity index (χ1n) is 6.74. The lowest BCUT2D eigenvalue weighted by Crippen LogP contribution is -2.01. The van der Waals surface area contributed by atoms with Crippen molar-refractivity contribution in [2.45, 2.75) is 19.8 Å². The minimum atomic E-state index is -0.311. The van der Waals surface area contributed by atoms with Crippen LogP contribution in [0.2, 0.25) is 0 Å². The smallest absolute Gasteiger partial charge is 0.188 e. The van der Waals surface area contributed by atoms with E-state index in [2.05, 4.69) is 41.9 Å². The van der Waals surface area contributed by atoms with Gasteiger partial charge in [-0.1, -0.05) is 38.1 Å². The Kier molecular flexibility index (Phi) is 5.37. The summed E-state index contributed by atoms with van der Waals surface area (Å²) < 4.78 is 24.8. The highest BCUT2D eigenvalue weighted by Crippen LogP contribution is 2.37. The predicted octanol–water partition coefficient (Wildman–Crippen LogP) is 5.36. The van der Waals surface area contributed by atoms with Gasteiger partial charge in [0.1, 0.15) is 11.6 Å². The van der Waals surface area contributed by atoms with Gasteiger partial charge in [-0.25, -0.2) is 4.39 Å². The van der Waals surface area contributed by atoms with Crippen molar-refractivity contribution >= 4 is 15.9 Å². The summed E-state index contributed by atoms with van der Waals surface area (Å²) in [4.78, 5) is 0. The van der Waals surface area contributed by atoms with E-state index in [1.807, 2.05) is 12.1 Å². The topological polar surface area (TPSA) is 18.5 Å². The molecule has 0 aliphatic heterocycles. The Balaban J connectivity index is 2.45. The second-order valence-electron chi connectivity index (χ2n) is 5.09. The van der Waals surface area contributed by atoms with E-state index in [0.717, 1.165) is 5.56 Å². The van der Waals surface area contributed by atoms with Crippen LogP contribution in [0.1, 0.15) is 25.3 Å². The van der Waals surface area contributed by atoms with Crippen LogP contribution in [0.25, 0.3) is 11.1 Å². The molecule has 0 saturated heterocycles. The molecule has 2 aromatic rings. The lowest BCUT2D eigenvalue weighted by Gasteiger charge is -2.14. The molecule has 2 aromatic carbocycles. The zero-order valence-electron chi connectivity index (χ0n) is 12.3. The van der Waals surface area contributed by atoms with Gasteiger partial charge in [0.05, 0.1) is 4.47 Å². The molecule has 0 atom stereocenters. The van der Waals surface area contributed by atoms with E-state index in [9.17, 15) is 4.39 Å². The Labute approximate surface area is 133 Å². The number of hydrogen-bond acceptors (Lipinski definition) is 2. The summed E-state index contributed by atoms with van der Waals surface area (Å²) in [5, 5.41) is 0. The lowest BCUT2D eigenvalue weighted by molar-refractivity contribution is 0.0509. The number of ether oxygens (including phenoxy) is 2. The van der Waals surface area contributed by atoms with Gasteiger partial charge in [0, 0.05) is 12.7 Å². The van der Waals surface area contributed by atoms with E-state index in [1.165, 1.54) is 17.7 Å². The van der Waals surface area contributed by atoms with Crippen LogP contribution in [0.5, 0.6) is 5.75 Å². The normalized spacial score (nSPS) is 11.0. The average molecular weight is 353 g/mol. The Morgan fingerprint density at radius 2 is 1.81 bits per heavy atom. The van der Waals surface area contributed by atoms with E-state index < -0.39 is 0 Å². The summed E-state index contributed by atoms with van der Waals surface area (Å²) in [5.41, 5.74) is 2.86. The quantitative estimate of drug-likeness (QED) is 0.674. The standard InChI is InChI=1S/C17H18BrFO2/c1-11(2)12-4-6-13(7-5-12)15-8-14(19)9-16(18)17(15)21-10-20-3/h4-9,11H,10H2,1-3H3. The second-order valence-corrected chi connectivity index (χ2v) is 5.95. The van der Waals surface area contributed by atoms with E-state index in [-0.39, 0.29) is 12.6 Å². The molecule has 2 rings (SSSR count). The molecule has 0 aromatic heterocycles. The molecule has 2 nitrogen and oxygen atoms in total. The van der Waals surface area contributed by atoms with Crippen molar-refractivity contribution in [1.82, 2.24) is 0 Å². The van der Waals surface area contributed by atoms with E-state index in [4.69, 9.17) is 9.47 Å². The Hall–Kier alpha value is -1.39. The van der Waals surface area contributed by atoms with Crippen LogP contribution in [-0.4, -0.2) is 13.9 Å². The monoisotopic (exact) mass is 352 g/mol. The average Bonchev–Trinajstić information content (AvgIpc) is 2.46. The summed E-state index contributed by atoms with van der Waals surface area (Å²) >= 11 is 3.34. The molecule has 0 aliphatic rings. The molecule has 0 unspecified atom stereocenters. The Bertz CT molecular complexity index is 609. The third-order valence-electron chi connectivity index (χ3n) is 3.22. The maximum atomic E-state index is 13.7. The van der Waals surface area contributed by atoms with E-state index in [1.54, 1.807) is 7.11 Å². The van der Waals surface area contributed by atoms with Crippen molar-refractivity contribution in [3.8, 4) is 16.9 Å². The van der Waals surface area contributed by atoms with Crippen LogP contribution in [0.15, 0.2) is 40.9 Å². The number of benzene rings is 2. The number of halogens is 2. The van der Waals surface area contributed by atoms with Crippen LogP contribution in [0.3, 0.4) is 0 Å². The van der Waals surface area contributed by atoms with E-state index >= 15 is 0 Å². The molecule has 0 spiro atoms. The first-order chi connectivity index (χ1) is 10.0. The van der Waals surface area contributed by atoms with E-state index in [0.29, 0.717) is 21.7 Å². The lowest BCUT2D eigenvalue weighted by atomic mass is 9.98. The van der Waals surface area contributed by atoms with Gasteiger partial charge >= 0.3 is 0 Å². The third kappa shape index (κ3) is 3.83. The molecule has 0 amide bonds. The SMILES string of the molecule is COCOc1c(Br)cc(F)cc1-c1ccc(C(C)C)cc1. The van der Waals surface area contributed by atoms with Gasteiger partial charge in [0.25, 0.3) is 0 Å². The Morgan fingerprint density at radius 3 is 2.38 bits per heavy atom. The van der Waals surface area contributed by atoms with Gasteiger partial charge in [-0.3, -0.25) is 0 Å². The van der Waals surface area contributed by atoms with Crippen molar-refractivity contribution in [1.29, 1.82) is 0 Å². The van der Waals surface area contributed by atoms with Crippen LogP contribution >= 0.6 is 15.9 Å². The number of hydrogen-bond donors (Lipinski definition) is 0. The highest BCUT2D eigenvalue weighted by Gasteiger charge is 2.13. The number of rotatable bonds is 5. The van der Waals surface area contributed by atoms with Crippen LogP contribution in [0, 0.1) is 5.82 Å². The Morgan fingerprint density at radius 1 is 1.14 bits per heavy atom. The van der Waals surface area contributed by atoms with Crippen molar-refractivity contribution in [2.24, 2.45) is 0 Å². The summed E-state index contributed by atoms with van der Waals surface area (Å²) in [6, 6.07) is 10.9. The second kappa shape index (κ2) is 7.05. The minimum Gasteiger partial charge on any atom is -0.466 e.